The van der Waals surface area contributed by atoms with Crippen molar-refractivity contribution in [1.82, 2.24) is 0 Å². The zero-order valence-electron chi connectivity index (χ0n) is 13.0. The Bertz CT molecular complexity index is 612. The maximum Gasteiger partial charge on any atom is 0.132 e. The van der Waals surface area contributed by atoms with Gasteiger partial charge in [-0.3, -0.25) is 0 Å². The van der Waals surface area contributed by atoms with E-state index in [9.17, 15) is 4.39 Å². The van der Waals surface area contributed by atoms with Crippen LogP contribution in [-0.4, -0.2) is 0 Å². The summed E-state index contributed by atoms with van der Waals surface area (Å²) in [5, 5.41) is 0. The highest BCUT2D eigenvalue weighted by molar-refractivity contribution is 5.41. The van der Waals surface area contributed by atoms with Gasteiger partial charge in [0.2, 0.25) is 0 Å². The Balaban J connectivity index is 2.26. The van der Waals surface area contributed by atoms with Crippen molar-refractivity contribution in [2.24, 2.45) is 5.73 Å². The maximum atomic E-state index is 13.3. The molecule has 2 rings (SSSR count). The minimum absolute atomic E-state index is 0.103. The van der Waals surface area contributed by atoms with Crippen LogP contribution in [0.3, 0.4) is 0 Å². The smallest absolute Gasteiger partial charge is 0.132 e. The van der Waals surface area contributed by atoms with Crippen LogP contribution in [0.25, 0.3) is 0 Å². The largest absolute Gasteiger partial charge is 0.457 e. The molecule has 112 valence electrons. The highest BCUT2D eigenvalue weighted by Crippen LogP contribution is 2.31. The van der Waals surface area contributed by atoms with E-state index in [2.05, 4.69) is 20.8 Å². The minimum atomic E-state index is -0.308. The molecule has 3 heteroatoms. The van der Waals surface area contributed by atoms with Gasteiger partial charge < -0.3 is 10.5 Å². The van der Waals surface area contributed by atoms with Crippen molar-refractivity contribution in [3.05, 3.63) is 59.4 Å². The van der Waals surface area contributed by atoms with E-state index in [1.54, 1.807) is 6.07 Å². The maximum absolute atomic E-state index is 13.3. The predicted octanol–water partition coefficient (Wildman–Crippen LogP) is 4.94. The normalized spacial score (nSPS) is 13.0. The first kappa shape index (κ1) is 15.5. The first-order valence-corrected chi connectivity index (χ1v) is 7.11. The first-order valence-electron chi connectivity index (χ1n) is 7.11. The van der Waals surface area contributed by atoms with Crippen molar-refractivity contribution in [1.29, 1.82) is 0 Å². The van der Waals surface area contributed by atoms with E-state index in [1.807, 2.05) is 31.2 Å². The SMILES string of the molecule is C[C@@H](N)c1cc(F)ccc1Oc1ccc(C(C)(C)C)cc1. The Labute approximate surface area is 125 Å². The van der Waals surface area contributed by atoms with E-state index in [-0.39, 0.29) is 17.3 Å². The lowest BCUT2D eigenvalue weighted by Gasteiger charge is -2.19. The van der Waals surface area contributed by atoms with Crippen LogP contribution in [0.15, 0.2) is 42.5 Å². The molecule has 0 spiro atoms. The van der Waals surface area contributed by atoms with E-state index in [0.29, 0.717) is 11.3 Å². The van der Waals surface area contributed by atoms with Gasteiger partial charge in [0.1, 0.15) is 17.3 Å². The van der Waals surface area contributed by atoms with Crippen LogP contribution in [-0.2, 0) is 5.41 Å². The van der Waals surface area contributed by atoms with E-state index in [1.165, 1.54) is 17.7 Å². The summed E-state index contributed by atoms with van der Waals surface area (Å²) in [4.78, 5) is 0. The molecule has 21 heavy (non-hydrogen) atoms. The molecule has 0 bridgehead atoms. The number of rotatable bonds is 3. The summed E-state index contributed by atoms with van der Waals surface area (Å²) in [6.45, 7) is 8.30. The molecule has 0 amide bonds. The second-order valence-corrected chi connectivity index (χ2v) is 6.35. The lowest BCUT2D eigenvalue weighted by atomic mass is 9.87. The number of nitrogens with two attached hydrogens (primary N) is 1. The number of halogens is 1. The molecule has 0 saturated carbocycles. The Morgan fingerprint density at radius 3 is 2.19 bits per heavy atom. The number of benzene rings is 2. The topological polar surface area (TPSA) is 35.2 Å². The molecule has 0 heterocycles. The molecule has 0 radical (unpaired) electrons. The molecule has 0 fully saturated rings. The third kappa shape index (κ3) is 3.82. The molecule has 0 aliphatic rings. The Morgan fingerprint density at radius 1 is 1.05 bits per heavy atom. The summed E-state index contributed by atoms with van der Waals surface area (Å²) in [5.41, 5.74) is 7.87. The van der Waals surface area contributed by atoms with Gasteiger partial charge in [0.15, 0.2) is 0 Å². The molecule has 0 aliphatic heterocycles. The molecular formula is C18H22FNO. The van der Waals surface area contributed by atoms with E-state index in [0.717, 1.165) is 5.75 Å². The second kappa shape index (κ2) is 5.86. The highest BCUT2D eigenvalue weighted by Gasteiger charge is 2.14. The van der Waals surface area contributed by atoms with E-state index in [4.69, 9.17) is 10.5 Å². The van der Waals surface area contributed by atoms with Gasteiger partial charge in [-0.25, -0.2) is 4.39 Å². The molecule has 0 unspecified atom stereocenters. The summed E-state index contributed by atoms with van der Waals surface area (Å²) in [6, 6.07) is 12.1. The lowest BCUT2D eigenvalue weighted by Crippen LogP contribution is -2.10. The molecule has 1 atom stereocenters. The standard InChI is InChI=1S/C18H22FNO/c1-12(20)16-11-14(19)7-10-17(16)21-15-8-5-13(6-9-15)18(2,3)4/h5-12H,20H2,1-4H3/t12-/m1/s1. The number of hydrogen-bond donors (Lipinski definition) is 1. The molecular weight excluding hydrogens is 265 g/mol. The third-order valence-corrected chi connectivity index (χ3v) is 3.41. The van der Waals surface area contributed by atoms with E-state index >= 15 is 0 Å². The van der Waals surface area contributed by atoms with Crippen molar-refractivity contribution in [2.45, 2.75) is 39.2 Å². The molecule has 0 aromatic heterocycles. The van der Waals surface area contributed by atoms with Crippen molar-refractivity contribution in [3.63, 3.8) is 0 Å². The van der Waals surface area contributed by atoms with Crippen molar-refractivity contribution >= 4 is 0 Å². The van der Waals surface area contributed by atoms with Crippen molar-refractivity contribution < 1.29 is 9.13 Å². The van der Waals surface area contributed by atoms with Crippen molar-refractivity contribution in [2.75, 3.05) is 0 Å². The van der Waals surface area contributed by atoms with Crippen LogP contribution in [0.4, 0.5) is 4.39 Å². The monoisotopic (exact) mass is 287 g/mol. The third-order valence-electron chi connectivity index (χ3n) is 3.41. The van der Waals surface area contributed by atoms with Gasteiger partial charge in [-0.2, -0.15) is 0 Å². The van der Waals surface area contributed by atoms with Gasteiger partial charge in [-0.1, -0.05) is 32.9 Å². The quantitative estimate of drug-likeness (QED) is 0.868. The Hall–Kier alpha value is -1.87. The Morgan fingerprint density at radius 2 is 1.67 bits per heavy atom. The molecule has 0 saturated heterocycles. The molecule has 2 aromatic rings. The van der Waals surface area contributed by atoms with Crippen molar-refractivity contribution in [3.8, 4) is 11.5 Å². The van der Waals surface area contributed by atoms with Gasteiger partial charge in [0.25, 0.3) is 0 Å². The van der Waals surface area contributed by atoms with Crippen LogP contribution < -0.4 is 10.5 Å². The summed E-state index contributed by atoms with van der Waals surface area (Å²) < 4.78 is 19.2. The predicted molar refractivity (Wildman–Crippen MR) is 84.2 cm³/mol. The van der Waals surface area contributed by atoms with Crippen LogP contribution in [0.1, 0.15) is 44.9 Å². The summed E-state index contributed by atoms with van der Waals surface area (Å²) in [6.07, 6.45) is 0. The Kier molecular flexibility index (Phi) is 4.33. The summed E-state index contributed by atoms with van der Waals surface area (Å²) in [7, 11) is 0. The minimum Gasteiger partial charge on any atom is -0.457 e. The first-order chi connectivity index (χ1) is 9.77. The fraction of sp³-hybridized carbons (Fsp3) is 0.333. The highest BCUT2D eigenvalue weighted by atomic mass is 19.1. The fourth-order valence-electron chi connectivity index (χ4n) is 2.12. The zero-order chi connectivity index (χ0) is 15.6. The van der Waals surface area contributed by atoms with Gasteiger partial charge >= 0.3 is 0 Å². The van der Waals surface area contributed by atoms with Crippen LogP contribution in [0, 0.1) is 5.82 Å². The van der Waals surface area contributed by atoms with Crippen LogP contribution >= 0.6 is 0 Å². The molecule has 2 aromatic carbocycles. The number of hydrogen-bond acceptors (Lipinski definition) is 2. The second-order valence-electron chi connectivity index (χ2n) is 6.35. The average molecular weight is 287 g/mol. The van der Waals surface area contributed by atoms with Crippen LogP contribution in [0.2, 0.25) is 0 Å². The van der Waals surface area contributed by atoms with Gasteiger partial charge in [0.05, 0.1) is 0 Å². The number of ether oxygens (including phenoxy) is 1. The van der Waals surface area contributed by atoms with E-state index < -0.39 is 0 Å². The summed E-state index contributed by atoms with van der Waals surface area (Å²) in [5.74, 6) is 1.00. The molecule has 2 nitrogen and oxygen atoms in total. The zero-order valence-corrected chi connectivity index (χ0v) is 13.0. The fourth-order valence-corrected chi connectivity index (χ4v) is 2.12. The summed E-state index contributed by atoms with van der Waals surface area (Å²) >= 11 is 0. The van der Waals surface area contributed by atoms with Crippen LogP contribution in [0.5, 0.6) is 11.5 Å². The molecule has 2 N–H and O–H groups in total. The average Bonchev–Trinajstić information content (AvgIpc) is 2.40. The molecule has 0 aliphatic carbocycles. The lowest BCUT2D eigenvalue weighted by molar-refractivity contribution is 0.468. The van der Waals surface area contributed by atoms with Gasteiger partial charge in [-0.05, 0) is 48.2 Å². The van der Waals surface area contributed by atoms with Gasteiger partial charge in [0, 0.05) is 11.6 Å². The van der Waals surface area contributed by atoms with Gasteiger partial charge in [-0.15, -0.1) is 0 Å².